The lowest BCUT2D eigenvalue weighted by Gasteiger charge is -2.14. The Balaban J connectivity index is 1.83. The summed E-state index contributed by atoms with van der Waals surface area (Å²) in [5, 5.41) is 3.27. The maximum Gasteiger partial charge on any atom is 0.416 e. The molecule has 156 valence electrons. The van der Waals surface area contributed by atoms with Gasteiger partial charge in [0.15, 0.2) is 0 Å². The molecule has 4 rings (SSSR count). The second kappa shape index (κ2) is 7.87. The summed E-state index contributed by atoms with van der Waals surface area (Å²) in [4.78, 5) is 17.9. The molecule has 0 aliphatic rings. The minimum Gasteiger partial charge on any atom is -0.322 e. The summed E-state index contributed by atoms with van der Waals surface area (Å²) < 4.78 is 39.1. The van der Waals surface area contributed by atoms with E-state index in [0.29, 0.717) is 22.2 Å². The van der Waals surface area contributed by atoms with Crippen LogP contribution in [0, 0.1) is 13.8 Å². The Labute approximate surface area is 177 Å². The van der Waals surface area contributed by atoms with E-state index in [1.165, 1.54) is 12.1 Å². The summed E-state index contributed by atoms with van der Waals surface area (Å²) in [6, 6.07) is 19.6. The number of amides is 1. The van der Waals surface area contributed by atoms with Gasteiger partial charge >= 0.3 is 6.18 Å². The van der Waals surface area contributed by atoms with Crippen molar-refractivity contribution in [2.24, 2.45) is 0 Å². The van der Waals surface area contributed by atoms with Crippen molar-refractivity contribution >= 4 is 22.5 Å². The quantitative estimate of drug-likeness (QED) is 0.396. The van der Waals surface area contributed by atoms with Gasteiger partial charge in [0.1, 0.15) is 0 Å². The summed E-state index contributed by atoms with van der Waals surface area (Å²) in [5.41, 5.74) is 3.64. The Bertz CT molecular complexity index is 1280. The monoisotopic (exact) mass is 420 g/mol. The third kappa shape index (κ3) is 4.28. The van der Waals surface area contributed by atoms with Crippen molar-refractivity contribution in [1.82, 2.24) is 4.98 Å². The molecule has 0 saturated heterocycles. The van der Waals surface area contributed by atoms with Crippen LogP contribution in [-0.2, 0) is 6.18 Å². The van der Waals surface area contributed by atoms with Gasteiger partial charge in [0.05, 0.1) is 22.3 Å². The summed E-state index contributed by atoms with van der Waals surface area (Å²) in [7, 11) is 0. The first-order valence-electron chi connectivity index (χ1n) is 9.68. The molecule has 1 aromatic heterocycles. The molecule has 31 heavy (non-hydrogen) atoms. The predicted molar refractivity (Wildman–Crippen MR) is 116 cm³/mol. The van der Waals surface area contributed by atoms with Gasteiger partial charge in [-0.2, -0.15) is 13.2 Å². The molecule has 0 saturated carbocycles. The molecule has 0 aliphatic carbocycles. The zero-order valence-corrected chi connectivity index (χ0v) is 16.9. The van der Waals surface area contributed by atoms with E-state index in [2.05, 4.69) is 5.32 Å². The largest absolute Gasteiger partial charge is 0.416 e. The van der Waals surface area contributed by atoms with Gasteiger partial charge in [0, 0.05) is 16.6 Å². The number of halogens is 3. The molecule has 0 atom stereocenters. The number of rotatable bonds is 3. The van der Waals surface area contributed by atoms with Crippen LogP contribution in [-0.4, -0.2) is 10.9 Å². The smallest absolute Gasteiger partial charge is 0.322 e. The molecule has 0 unspecified atom stereocenters. The predicted octanol–water partition coefficient (Wildman–Crippen LogP) is 6.79. The first-order chi connectivity index (χ1) is 14.7. The van der Waals surface area contributed by atoms with Crippen molar-refractivity contribution < 1.29 is 18.0 Å². The van der Waals surface area contributed by atoms with Crippen LogP contribution in [0.1, 0.15) is 27.0 Å². The maximum atomic E-state index is 13.2. The van der Waals surface area contributed by atoms with Gasteiger partial charge in [0.25, 0.3) is 5.91 Å². The molecular formula is C25H19F3N2O. The van der Waals surface area contributed by atoms with Crippen LogP contribution < -0.4 is 5.32 Å². The zero-order chi connectivity index (χ0) is 22.2. The molecule has 0 fully saturated rings. The summed E-state index contributed by atoms with van der Waals surface area (Å²) >= 11 is 0. The number of fused-ring (bicyclic) bond motifs is 1. The standard InChI is InChI=1S/C25H19F3N2O/c1-15-11-16(2)23-20(12-15)21(14-22(30-23)17-7-4-3-5-8-17)24(31)29-19-10-6-9-18(13-19)25(26,27)28/h3-14H,1-2H3,(H,29,31). The highest BCUT2D eigenvalue weighted by Gasteiger charge is 2.30. The summed E-state index contributed by atoms with van der Waals surface area (Å²) in [6.45, 7) is 3.84. The normalized spacial score (nSPS) is 11.5. The van der Waals surface area contributed by atoms with Crippen molar-refractivity contribution in [3.05, 3.63) is 95.1 Å². The van der Waals surface area contributed by atoms with Crippen molar-refractivity contribution in [2.75, 3.05) is 5.32 Å². The number of carbonyl (C=O) groups is 1. The second-order valence-electron chi connectivity index (χ2n) is 7.43. The van der Waals surface area contributed by atoms with Crippen LogP contribution in [0.4, 0.5) is 18.9 Å². The number of pyridine rings is 1. The van der Waals surface area contributed by atoms with Crippen LogP contribution >= 0.6 is 0 Å². The number of hydrogen-bond donors (Lipinski definition) is 1. The molecular weight excluding hydrogens is 401 g/mol. The SMILES string of the molecule is Cc1cc(C)c2nc(-c3ccccc3)cc(C(=O)Nc3cccc(C(F)(F)F)c3)c2c1. The fourth-order valence-electron chi connectivity index (χ4n) is 3.60. The highest BCUT2D eigenvalue weighted by molar-refractivity contribution is 6.13. The lowest BCUT2D eigenvalue weighted by atomic mass is 9.99. The third-order valence-corrected chi connectivity index (χ3v) is 5.01. The van der Waals surface area contributed by atoms with Gasteiger partial charge < -0.3 is 5.32 Å². The van der Waals surface area contributed by atoms with Gasteiger partial charge in [-0.05, 0) is 49.7 Å². The number of nitrogens with zero attached hydrogens (tertiary/aromatic N) is 1. The van der Waals surface area contributed by atoms with E-state index in [1.807, 2.05) is 56.3 Å². The summed E-state index contributed by atoms with van der Waals surface area (Å²) in [5.74, 6) is -0.492. The molecule has 6 heteroatoms. The molecule has 3 nitrogen and oxygen atoms in total. The van der Waals surface area contributed by atoms with Gasteiger partial charge in [-0.1, -0.05) is 48.0 Å². The first-order valence-corrected chi connectivity index (χ1v) is 9.68. The van der Waals surface area contributed by atoms with Crippen LogP contribution in [0.15, 0.2) is 72.8 Å². The van der Waals surface area contributed by atoms with Crippen molar-refractivity contribution in [3.63, 3.8) is 0 Å². The Morgan fingerprint density at radius 2 is 1.65 bits per heavy atom. The van der Waals surface area contributed by atoms with Gasteiger partial charge in [-0.3, -0.25) is 4.79 Å². The van der Waals surface area contributed by atoms with Crippen molar-refractivity contribution in [1.29, 1.82) is 0 Å². The molecule has 1 heterocycles. The summed E-state index contributed by atoms with van der Waals surface area (Å²) in [6.07, 6.45) is -4.49. The second-order valence-corrected chi connectivity index (χ2v) is 7.43. The average Bonchev–Trinajstić information content (AvgIpc) is 2.73. The van der Waals surface area contributed by atoms with E-state index in [0.717, 1.165) is 28.8 Å². The number of carbonyl (C=O) groups excluding carboxylic acids is 1. The van der Waals surface area contributed by atoms with Crippen LogP contribution in [0.2, 0.25) is 0 Å². The average molecular weight is 420 g/mol. The zero-order valence-electron chi connectivity index (χ0n) is 16.9. The molecule has 1 amide bonds. The number of aryl methyl sites for hydroxylation is 2. The number of alkyl halides is 3. The number of benzene rings is 3. The van der Waals surface area contributed by atoms with E-state index in [4.69, 9.17) is 4.98 Å². The molecule has 4 aromatic rings. The highest BCUT2D eigenvalue weighted by Crippen LogP contribution is 2.32. The van der Waals surface area contributed by atoms with Gasteiger partial charge in [-0.25, -0.2) is 4.98 Å². The molecule has 1 N–H and O–H groups in total. The minimum atomic E-state index is -4.49. The topological polar surface area (TPSA) is 42.0 Å². The minimum absolute atomic E-state index is 0.0791. The number of aromatic nitrogens is 1. The Morgan fingerprint density at radius 1 is 0.903 bits per heavy atom. The molecule has 3 aromatic carbocycles. The first kappa shape index (κ1) is 20.6. The third-order valence-electron chi connectivity index (χ3n) is 5.01. The van der Waals surface area contributed by atoms with Crippen LogP contribution in [0.3, 0.4) is 0 Å². The highest BCUT2D eigenvalue weighted by atomic mass is 19.4. The Morgan fingerprint density at radius 3 is 2.35 bits per heavy atom. The van der Waals surface area contributed by atoms with Gasteiger partial charge in [-0.15, -0.1) is 0 Å². The number of hydrogen-bond acceptors (Lipinski definition) is 2. The fourth-order valence-corrected chi connectivity index (χ4v) is 3.60. The molecule has 0 aliphatic heterocycles. The van der Waals surface area contributed by atoms with E-state index >= 15 is 0 Å². The van der Waals surface area contributed by atoms with Crippen molar-refractivity contribution in [2.45, 2.75) is 20.0 Å². The van der Waals surface area contributed by atoms with E-state index in [9.17, 15) is 18.0 Å². The van der Waals surface area contributed by atoms with E-state index in [-0.39, 0.29) is 5.69 Å². The molecule has 0 bridgehead atoms. The van der Waals surface area contributed by atoms with Crippen LogP contribution in [0.5, 0.6) is 0 Å². The fraction of sp³-hybridized carbons (Fsp3) is 0.120. The lowest BCUT2D eigenvalue weighted by Crippen LogP contribution is -2.14. The Hall–Kier alpha value is -3.67. The maximum absolute atomic E-state index is 13.2. The van der Waals surface area contributed by atoms with E-state index < -0.39 is 17.6 Å². The Kier molecular flexibility index (Phi) is 5.23. The lowest BCUT2D eigenvalue weighted by molar-refractivity contribution is -0.137. The van der Waals surface area contributed by atoms with Crippen molar-refractivity contribution in [3.8, 4) is 11.3 Å². The van der Waals surface area contributed by atoms with Crippen LogP contribution in [0.25, 0.3) is 22.2 Å². The van der Waals surface area contributed by atoms with E-state index in [1.54, 1.807) is 6.07 Å². The molecule has 0 radical (unpaired) electrons. The number of nitrogens with one attached hydrogen (secondary N) is 1. The van der Waals surface area contributed by atoms with Gasteiger partial charge in [0.2, 0.25) is 0 Å². The number of anilines is 1. The molecule has 0 spiro atoms.